The Hall–Kier alpha value is -1.71. The summed E-state index contributed by atoms with van der Waals surface area (Å²) in [5.41, 5.74) is 7.88. The van der Waals surface area contributed by atoms with Crippen molar-refractivity contribution >= 4 is 0 Å². The van der Waals surface area contributed by atoms with Crippen LogP contribution in [-0.4, -0.2) is 4.98 Å². The van der Waals surface area contributed by atoms with Gasteiger partial charge in [-0.15, -0.1) is 0 Å². The fourth-order valence-electron chi connectivity index (χ4n) is 2.19. The van der Waals surface area contributed by atoms with Gasteiger partial charge in [-0.05, 0) is 48.6 Å². The van der Waals surface area contributed by atoms with Gasteiger partial charge in [0, 0.05) is 12.4 Å². The Morgan fingerprint density at radius 1 is 1.17 bits per heavy atom. The molecule has 94 valence electrons. The van der Waals surface area contributed by atoms with Crippen LogP contribution in [0, 0.1) is 13.8 Å². The number of nitrogens with two attached hydrogens (primary N) is 1. The molecule has 0 bridgehead atoms. The molecule has 1 heterocycles. The van der Waals surface area contributed by atoms with Gasteiger partial charge in [0.15, 0.2) is 0 Å². The number of pyridine rings is 1. The third-order valence-electron chi connectivity index (χ3n) is 3.33. The molecule has 0 amide bonds. The van der Waals surface area contributed by atoms with Crippen molar-refractivity contribution in [3.05, 3.63) is 65.0 Å². The molecule has 1 aromatic heterocycles. The first kappa shape index (κ1) is 12.7. The first-order valence-corrected chi connectivity index (χ1v) is 6.13. The molecule has 2 rings (SSSR count). The van der Waals surface area contributed by atoms with E-state index in [4.69, 9.17) is 5.84 Å². The van der Waals surface area contributed by atoms with Crippen molar-refractivity contribution in [2.45, 2.75) is 26.3 Å². The van der Waals surface area contributed by atoms with E-state index in [1.807, 2.05) is 18.5 Å². The monoisotopic (exact) mass is 241 g/mol. The molecule has 0 fully saturated rings. The molecular weight excluding hydrogens is 222 g/mol. The van der Waals surface area contributed by atoms with Crippen molar-refractivity contribution < 1.29 is 0 Å². The minimum atomic E-state index is 0.120. The fraction of sp³-hybridized carbons (Fsp3) is 0.267. The molecule has 0 saturated heterocycles. The number of nitrogens with zero attached hydrogens (tertiary/aromatic N) is 1. The third-order valence-corrected chi connectivity index (χ3v) is 3.33. The van der Waals surface area contributed by atoms with Crippen molar-refractivity contribution in [3.63, 3.8) is 0 Å². The summed E-state index contributed by atoms with van der Waals surface area (Å²) in [6.45, 7) is 4.19. The predicted molar refractivity (Wildman–Crippen MR) is 73.9 cm³/mol. The van der Waals surface area contributed by atoms with Gasteiger partial charge in [0.05, 0.1) is 6.04 Å². The highest BCUT2D eigenvalue weighted by molar-refractivity contribution is 5.31. The van der Waals surface area contributed by atoms with Crippen LogP contribution in [0.4, 0.5) is 0 Å². The van der Waals surface area contributed by atoms with Gasteiger partial charge >= 0.3 is 0 Å². The number of hydrogen-bond acceptors (Lipinski definition) is 3. The van der Waals surface area contributed by atoms with Crippen LogP contribution in [0.15, 0.2) is 42.7 Å². The van der Waals surface area contributed by atoms with E-state index in [0.29, 0.717) is 0 Å². The van der Waals surface area contributed by atoms with Crippen LogP contribution in [-0.2, 0) is 6.42 Å². The van der Waals surface area contributed by atoms with E-state index in [1.54, 1.807) is 0 Å². The molecule has 2 aromatic rings. The topological polar surface area (TPSA) is 50.9 Å². The highest BCUT2D eigenvalue weighted by atomic mass is 15.2. The summed E-state index contributed by atoms with van der Waals surface area (Å²) in [6.07, 6.45) is 4.57. The average molecular weight is 241 g/mol. The van der Waals surface area contributed by atoms with E-state index in [2.05, 4.69) is 48.5 Å². The van der Waals surface area contributed by atoms with Gasteiger partial charge in [-0.1, -0.05) is 24.3 Å². The maximum atomic E-state index is 5.70. The van der Waals surface area contributed by atoms with E-state index in [1.165, 1.54) is 16.7 Å². The Morgan fingerprint density at radius 3 is 2.61 bits per heavy atom. The molecule has 0 aliphatic carbocycles. The Kier molecular flexibility index (Phi) is 4.07. The molecule has 18 heavy (non-hydrogen) atoms. The summed E-state index contributed by atoms with van der Waals surface area (Å²) in [7, 11) is 0. The zero-order chi connectivity index (χ0) is 13.0. The van der Waals surface area contributed by atoms with Gasteiger partial charge < -0.3 is 0 Å². The molecule has 0 radical (unpaired) electrons. The smallest absolute Gasteiger partial charge is 0.0504 e. The molecule has 1 unspecified atom stereocenters. The lowest BCUT2D eigenvalue weighted by molar-refractivity contribution is 0.547. The largest absolute Gasteiger partial charge is 0.271 e. The van der Waals surface area contributed by atoms with E-state index < -0.39 is 0 Å². The molecule has 1 aromatic carbocycles. The highest BCUT2D eigenvalue weighted by Gasteiger charge is 2.13. The van der Waals surface area contributed by atoms with Crippen LogP contribution in [0.3, 0.4) is 0 Å². The van der Waals surface area contributed by atoms with E-state index >= 15 is 0 Å². The molecule has 3 heteroatoms. The quantitative estimate of drug-likeness (QED) is 0.638. The van der Waals surface area contributed by atoms with Crippen LogP contribution in [0.2, 0.25) is 0 Å². The second kappa shape index (κ2) is 5.76. The van der Waals surface area contributed by atoms with Gasteiger partial charge in [-0.2, -0.15) is 0 Å². The predicted octanol–water partition coefficient (Wildman–Crippen LogP) is 2.45. The first-order valence-electron chi connectivity index (χ1n) is 6.13. The lowest BCUT2D eigenvalue weighted by Crippen LogP contribution is -2.30. The van der Waals surface area contributed by atoms with Gasteiger partial charge in [0.1, 0.15) is 0 Å². The Morgan fingerprint density at radius 2 is 1.94 bits per heavy atom. The highest BCUT2D eigenvalue weighted by Crippen LogP contribution is 2.21. The fourth-order valence-corrected chi connectivity index (χ4v) is 2.19. The Balaban J connectivity index is 2.26. The van der Waals surface area contributed by atoms with Crippen molar-refractivity contribution in [2.24, 2.45) is 5.84 Å². The molecule has 0 aliphatic heterocycles. The third kappa shape index (κ3) is 2.75. The Bertz CT molecular complexity index is 523. The molecular formula is C15H19N3. The van der Waals surface area contributed by atoms with Gasteiger partial charge in [0.2, 0.25) is 0 Å². The number of hydrazine groups is 1. The van der Waals surface area contributed by atoms with Gasteiger partial charge in [0.25, 0.3) is 0 Å². The first-order chi connectivity index (χ1) is 8.72. The van der Waals surface area contributed by atoms with Crippen LogP contribution >= 0.6 is 0 Å². The lowest BCUT2D eigenvalue weighted by atomic mass is 9.95. The zero-order valence-electron chi connectivity index (χ0n) is 10.9. The van der Waals surface area contributed by atoms with E-state index in [-0.39, 0.29) is 6.04 Å². The second-order valence-corrected chi connectivity index (χ2v) is 4.58. The van der Waals surface area contributed by atoms with Crippen molar-refractivity contribution in [1.82, 2.24) is 10.4 Å². The summed E-state index contributed by atoms with van der Waals surface area (Å²) < 4.78 is 0. The van der Waals surface area contributed by atoms with Crippen molar-refractivity contribution in [2.75, 3.05) is 0 Å². The zero-order valence-corrected chi connectivity index (χ0v) is 10.9. The maximum Gasteiger partial charge on any atom is 0.0504 e. The summed E-state index contributed by atoms with van der Waals surface area (Å²) >= 11 is 0. The van der Waals surface area contributed by atoms with Crippen LogP contribution in [0.5, 0.6) is 0 Å². The van der Waals surface area contributed by atoms with Crippen LogP contribution in [0.1, 0.15) is 28.3 Å². The summed E-state index contributed by atoms with van der Waals surface area (Å²) in [5.74, 6) is 5.70. The molecule has 0 aliphatic rings. The van der Waals surface area contributed by atoms with Crippen molar-refractivity contribution in [1.29, 1.82) is 0 Å². The molecule has 0 spiro atoms. The summed E-state index contributed by atoms with van der Waals surface area (Å²) in [6, 6.07) is 10.5. The maximum absolute atomic E-state index is 5.70. The standard InChI is InChI=1S/C15H19N3/c1-11-5-3-4-6-13(11)9-15(18-16)14-7-8-17-10-12(14)2/h3-8,10,15,18H,9,16H2,1-2H3. The minimum Gasteiger partial charge on any atom is -0.271 e. The number of benzene rings is 1. The normalized spacial score (nSPS) is 12.4. The van der Waals surface area contributed by atoms with E-state index in [9.17, 15) is 0 Å². The van der Waals surface area contributed by atoms with Gasteiger partial charge in [-0.3, -0.25) is 16.3 Å². The molecule has 1 atom stereocenters. The summed E-state index contributed by atoms with van der Waals surface area (Å²) in [5, 5.41) is 0. The Labute approximate surface area is 108 Å². The average Bonchev–Trinajstić information content (AvgIpc) is 2.39. The van der Waals surface area contributed by atoms with Crippen molar-refractivity contribution in [3.8, 4) is 0 Å². The van der Waals surface area contributed by atoms with Crippen LogP contribution in [0.25, 0.3) is 0 Å². The molecule has 3 nitrogen and oxygen atoms in total. The van der Waals surface area contributed by atoms with Gasteiger partial charge in [-0.25, -0.2) is 0 Å². The minimum absolute atomic E-state index is 0.120. The lowest BCUT2D eigenvalue weighted by Gasteiger charge is -2.19. The number of aryl methyl sites for hydroxylation is 2. The summed E-state index contributed by atoms with van der Waals surface area (Å²) in [4.78, 5) is 4.12. The SMILES string of the molecule is Cc1ccccc1CC(NN)c1ccncc1C. The number of nitrogens with one attached hydrogen (secondary N) is 1. The van der Waals surface area contributed by atoms with Crippen LogP contribution < -0.4 is 11.3 Å². The molecule has 3 N–H and O–H groups in total. The number of aromatic nitrogens is 1. The number of hydrogen-bond donors (Lipinski definition) is 2. The van der Waals surface area contributed by atoms with E-state index in [0.717, 1.165) is 12.0 Å². The second-order valence-electron chi connectivity index (χ2n) is 4.58. The molecule has 0 saturated carbocycles. The number of rotatable bonds is 4.